The summed E-state index contributed by atoms with van der Waals surface area (Å²) < 4.78 is 6.91. The largest absolute Gasteiger partial charge is 0.449 e. The fourth-order valence-electron chi connectivity index (χ4n) is 2.42. The summed E-state index contributed by atoms with van der Waals surface area (Å²) in [4.78, 5) is 29.1. The molecule has 1 saturated heterocycles. The van der Waals surface area contributed by atoms with Crippen LogP contribution in [-0.2, 0) is 9.53 Å². The van der Waals surface area contributed by atoms with E-state index in [-0.39, 0.29) is 18.0 Å². The Bertz CT molecular complexity index is 500. The van der Waals surface area contributed by atoms with Crippen molar-refractivity contribution in [3.63, 3.8) is 0 Å². The number of ether oxygens (including phenoxy) is 1. The lowest BCUT2D eigenvalue weighted by Crippen LogP contribution is -2.42. The third-order valence-corrected chi connectivity index (χ3v) is 3.58. The number of imidazole rings is 1. The van der Waals surface area contributed by atoms with Crippen LogP contribution in [0.25, 0.3) is 0 Å². The molecule has 2 amide bonds. The van der Waals surface area contributed by atoms with Crippen LogP contribution in [0.1, 0.15) is 31.6 Å². The van der Waals surface area contributed by atoms with E-state index in [0.717, 1.165) is 12.2 Å². The number of amides is 2. The Morgan fingerprint density at radius 1 is 1.57 bits per heavy atom. The molecule has 2 heterocycles. The van der Waals surface area contributed by atoms with Crippen LogP contribution in [0.5, 0.6) is 0 Å². The predicted molar refractivity (Wildman–Crippen MR) is 76.8 cm³/mol. The standard InChI is InChI=1S/C14H22N4O3/c1-11(18-8-5-15-12(18)2)10-13(19)16-4-7-17-6-3-9-21-14(17)20/h5,8,11H,3-4,6-7,9-10H2,1-2H3,(H,16,19). The highest BCUT2D eigenvalue weighted by atomic mass is 16.6. The van der Waals surface area contributed by atoms with Crippen molar-refractivity contribution in [1.29, 1.82) is 0 Å². The summed E-state index contributed by atoms with van der Waals surface area (Å²) >= 11 is 0. The minimum absolute atomic E-state index is 0.0269. The van der Waals surface area contributed by atoms with E-state index in [9.17, 15) is 9.59 Å². The van der Waals surface area contributed by atoms with Crippen molar-refractivity contribution in [1.82, 2.24) is 19.8 Å². The van der Waals surface area contributed by atoms with Crippen molar-refractivity contribution in [3.05, 3.63) is 18.2 Å². The van der Waals surface area contributed by atoms with Gasteiger partial charge in [-0.3, -0.25) is 4.79 Å². The minimum atomic E-state index is -0.294. The molecule has 0 radical (unpaired) electrons. The number of nitrogens with zero attached hydrogens (tertiary/aromatic N) is 3. The summed E-state index contributed by atoms with van der Waals surface area (Å²) in [6.07, 6.45) is 4.54. The van der Waals surface area contributed by atoms with Crippen molar-refractivity contribution < 1.29 is 14.3 Å². The molecule has 21 heavy (non-hydrogen) atoms. The Hall–Kier alpha value is -2.05. The maximum atomic E-state index is 11.9. The molecule has 1 aromatic rings. The minimum Gasteiger partial charge on any atom is -0.449 e. The van der Waals surface area contributed by atoms with Crippen molar-refractivity contribution >= 4 is 12.0 Å². The topological polar surface area (TPSA) is 76.5 Å². The summed E-state index contributed by atoms with van der Waals surface area (Å²) in [6.45, 7) is 6.02. The average molecular weight is 294 g/mol. The molecule has 1 aliphatic heterocycles. The quantitative estimate of drug-likeness (QED) is 0.852. The molecule has 0 bridgehead atoms. The fraction of sp³-hybridized carbons (Fsp3) is 0.643. The number of rotatable bonds is 6. The molecule has 0 aliphatic carbocycles. The van der Waals surface area contributed by atoms with Gasteiger partial charge in [-0.15, -0.1) is 0 Å². The fourth-order valence-corrected chi connectivity index (χ4v) is 2.42. The smallest absolute Gasteiger partial charge is 0.409 e. The number of nitrogens with one attached hydrogen (secondary N) is 1. The first-order valence-corrected chi connectivity index (χ1v) is 7.25. The number of carbonyl (C=O) groups is 2. The second kappa shape index (κ2) is 7.10. The lowest BCUT2D eigenvalue weighted by Gasteiger charge is -2.26. The first-order valence-electron chi connectivity index (χ1n) is 7.25. The zero-order valence-corrected chi connectivity index (χ0v) is 12.5. The Balaban J connectivity index is 1.70. The Morgan fingerprint density at radius 2 is 2.38 bits per heavy atom. The van der Waals surface area contributed by atoms with E-state index in [0.29, 0.717) is 32.7 Å². The molecule has 1 atom stereocenters. The highest BCUT2D eigenvalue weighted by molar-refractivity contribution is 5.76. The van der Waals surface area contributed by atoms with Gasteiger partial charge in [0.15, 0.2) is 0 Å². The van der Waals surface area contributed by atoms with Gasteiger partial charge < -0.3 is 19.5 Å². The van der Waals surface area contributed by atoms with Crippen LogP contribution in [-0.4, -0.2) is 52.7 Å². The maximum Gasteiger partial charge on any atom is 0.409 e. The van der Waals surface area contributed by atoms with Gasteiger partial charge in [0, 0.05) is 44.5 Å². The van der Waals surface area contributed by atoms with Gasteiger partial charge in [0.2, 0.25) is 5.91 Å². The first-order chi connectivity index (χ1) is 10.1. The summed E-state index contributed by atoms with van der Waals surface area (Å²) in [5.74, 6) is 0.868. The van der Waals surface area contributed by atoms with Crippen LogP contribution >= 0.6 is 0 Å². The molecular formula is C14H22N4O3. The molecule has 1 N–H and O–H groups in total. The SMILES string of the molecule is Cc1nccn1C(C)CC(=O)NCCN1CCCOC1=O. The number of aryl methyl sites for hydroxylation is 1. The van der Waals surface area contributed by atoms with E-state index in [2.05, 4.69) is 10.3 Å². The van der Waals surface area contributed by atoms with Crippen LogP contribution in [0.2, 0.25) is 0 Å². The van der Waals surface area contributed by atoms with Crippen LogP contribution < -0.4 is 5.32 Å². The highest BCUT2D eigenvalue weighted by Crippen LogP contribution is 2.12. The van der Waals surface area contributed by atoms with Crippen LogP contribution in [0.4, 0.5) is 4.79 Å². The monoisotopic (exact) mass is 294 g/mol. The third kappa shape index (κ3) is 4.21. The molecule has 7 heteroatoms. The van der Waals surface area contributed by atoms with Gasteiger partial charge in [-0.1, -0.05) is 0 Å². The van der Waals surface area contributed by atoms with Crippen molar-refractivity contribution in [2.75, 3.05) is 26.2 Å². The molecular weight excluding hydrogens is 272 g/mol. The Labute approximate surface area is 124 Å². The van der Waals surface area contributed by atoms with Crippen LogP contribution in [0.3, 0.4) is 0 Å². The van der Waals surface area contributed by atoms with Crippen LogP contribution in [0, 0.1) is 6.92 Å². The number of hydrogen-bond donors (Lipinski definition) is 1. The van der Waals surface area contributed by atoms with Gasteiger partial charge in [-0.05, 0) is 20.3 Å². The maximum absolute atomic E-state index is 11.9. The van der Waals surface area contributed by atoms with E-state index >= 15 is 0 Å². The number of carbonyl (C=O) groups excluding carboxylic acids is 2. The molecule has 1 unspecified atom stereocenters. The molecule has 0 aromatic carbocycles. The molecule has 1 fully saturated rings. The van der Waals surface area contributed by atoms with Gasteiger partial charge in [0.25, 0.3) is 0 Å². The Kier molecular flexibility index (Phi) is 5.19. The van der Waals surface area contributed by atoms with Gasteiger partial charge in [0.1, 0.15) is 5.82 Å². The van der Waals surface area contributed by atoms with E-state index < -0.39 is 0 Å². The molecule has 1 aromatic heterocycles. The summed E-state index contributed by atoms with van der Waals surface area (Å²) in [6, 6.07) is 0.0625. The number of cyclic esters (lactones) is 1. The molecule has 2 rings (SSSR count). The van der Waals surface area contributed by atoms with Crippen molar-refractivity contribution in [3.8, 4) is 0 Å². The normalized spacial score (nSPS) is 16.5. The predicted octanol–water partition coefficient (Wildman–Crippen LogP) is 1.10. The molecule has 0 saturated carbocycles. The lowest BCUT2D eigenvalue weighted by molar-refractivity contribution is -0.121. The second-order valence-electron chi connectivity index (χ2n) is 5.24. The Morgan fingerprint density at radius 3 is 3.05 bits per heavy atom. The second-order valence-corrected chi connectivity index (χ2v) is 5.24. The van der Waals surface area contributed by atoms with E-state index in [4.69, 9.17) is 4.74 Å². The van der Waals surface area contributed by atoms with Crippen molar-refractivity contribution in [2.45, 2.75) is 32.7 Å². The number of hydrogen-bond acceptors (Lipinski definition) is 4. The number of aromatic nitrogens is 2. The molecule has 0 spiro atoms. The van der Waals surface area contributed by atoms with Gasteiger partial charge in [-0.25, -0.2) is 9.78 Å². The summed E-state index contributed by atoms with van der Waals surface area (Å²) in [7, 11) is 0. The lowest BCUT2D eigenvalue weighted by atomic mass is 10.2. The average Bonchev–Trinajstić information content (AvgIpc) is 2.87. The highest BCUT2D eigenvalue weighted by Gasteiger charge is 2.19. The summed E-state index contributed by atoms with van der Waals surface area (Å²) in [5, 5.41) is 2.84. The zero-order valence-electron chi connectivity index (χ0n) is 12.5. The zero-order chi connectivity index (χ0) is 15.2. The molecule has 1 aliphatic rings. The van der Waals surface area contributed by atoms with E-state index in [1.807, 2.05) is 24.6 Å². The first kappa shape index (κ1) is 15.3. The molecule has 7 nitrogen and oxygen atoms in total. The van der Waals surface area contributed by atoms with E-state index in [1.165, 1.54) is 0 Å². The van der Waals surface area contributed by atoms with E-state index in [1.54, 1.807) is 11.1 Å². The third-order valence-electron chi connectivity index (χ3n) is 3.58. The van der Waals surface area contributed by atoms with Gasteiger partial charge in [-0.2, -0.15) is 0 Å². The summed E-state index contributed by atoms with van der Waals surface area (Å²) in [5.41, 5.74) is 0. The van der Waals surface area contributed by atoms with Crippen LogP contribution in [0.15, 0.2) is 12.4 Å². The molecule has 116 valence electrons. The van der Waals surface area contributed by atoms with Crippen molar-refractivity contribution in [2.24, 2.45) is 0 Å². The van der Waals surface area contributed by atoms with Gasteiger partial charge in [0.05, 0.1) is 6.61 Å². The van der Waals surface area contributed by atoms with Gasteiger partial charge >= 0.3 is 6.09 Å².